The first kappa shape index (κ1) is 19.0. The summed E-state index contributed by atoms with van der Waals surface area (Å²) >= 11 is 1.54. The monoisotopic (exact) mass is 404 g/mol. The summed E-state index contributed by atoms with van der Waals surface area (Å²) in [7, 11) is 0. The molecule has 2 aromatic heterocycles. The van der Waals surface area contributed by atoms with Gasteiger partial charge in [0.2, 0.25) is 11.8 Å². The van der Waals surface area contributed by atoms with E-state index >= 15 is 0 Å². The minimum Gasteiger partial charge on any atom is -0.508 e. The van der Waals surface area contributed by atoms with Gasteiger partial charge in [0, 0.05) is 0 Å². The van der Waals surface area contributed by atoms with Crippen LogP contribution in [0.5, 0.6) is 5.75 Å². The number of carbonyl (C=O) groups is 1. The number of benzene rings is 2. The Bertz CT molecular complexity index is 1070. The largest absolute Gasteiger partial charge is 0.508 e. The molecule has 0 saturated carbocycles. The van der Waals surface area contributed by atoms with E-state index in [1.807, 2.05) is 53.9 Å². The maximum Gasteiger partial charge on any atom is 0.236 e. The van der Waals surface area contributed by atoms with Crippen LogP contribution in [0.15, 0.2) is 82.8 Å². The number of amides is 1. The Morgan fingerprint density at radius 1 is 1.10 bits per heavy atom. The summed E-state index contributed by atoms with van der Waals surface area (Å²) < 4.78 is 5.50. The number of hydrogen-bond donors (Lipinski definition) is 2. The highest BCUT2D eigenvalue weighted by Gasteiger charge is 2.17. The zero-order valence-electron chi connectivity index (χ0n) is 15.6. The van der Waals surface area contributed by atoms with Crippen molar-refractivity contribution in [2.75, 3.05) is 0 Å². The number of rotatable bonds is 7. The first-order valence-corrected chi connectivity index (χ1v) is 10.2. The standard InChI is InChI=1S/C23H20N2O3S/c26-19-9-4-6-16(12-19)13-20(17-7-2-1-3-8-17)25-22(27)14-18-15-28-23(24-18)21-10-5-11-29-21/h1-12,15,20,26H,13-14H2,(H,25,27)/t20-/m1/s1. The van der Waals surface area contributed by atoms with Crippen LogP contribution in [0.25, 0.3) is 10.8 Å². The number of oxazole rings is 1. The van der Waals surface area contributed by atoms with Gasteiger partial charge in [0.15, 0.2) is 0 Å². The van der Waals surface area contributed by atoms with E-state index in [0.717, 1.165) is 16.0 Å². The molecule has 1 atom stereocenters. The van der Waals surface area contributed by atoms with Crippen molar-refractivity contribution < 1.29 is 14.3 Å². The molecule has 1 amide bonds. The lowest BCUT2D eigenvalue weighted by atomic mass is 9.98. The molecule has 2 N–H and O–H groups in total. The van der Waals surface area contributed by atoms with Gasteiger partial charge in [-0.1, -0.05) is 48.5 Å². The van der Waals surface area contributed by atoms with Crippen molar-refractivity contribution in [1.82, 2.24) is 10.3 Å². The third-order valence-corrected chi connectivity index (χ3v) is 5.37. The van der Waals surface area contributed by atoms with Crippen molar-refractivity contribution >= 4 is 17.2 Å². The van der Waals surface area contributed by atoms with E-state index in [9.17, 15) is 9.90 Å². The topological polar surface area (TPSA) is 75.4 Å². The summed E-state index contributed by atoms with van der Waals surface area (Å²) in [6.07, 6.45) is 2.24. The molecule has 146 valence electrons. The van der Waals surface area contributed by atoms with E-state index in [2.05, 4.69) is 10.3 Å². The van der Waals surface area contributed by atoms with Gasteiger partial charge >= 0.3 is 0 Å². The van der Waals surface area contributed by atoms with E-state index in [0.29, 0.717) is 18.0 Å². The molecule has 4 aromatic rings. The summed E-state index contributed by atoms with van der Waals surface area (Å²) in [4.78, 5) is 18.1. The number of aromatic nitrogens is 1. The molecule has 6 heteroatoms. The Morgan fingerprint density at radius 2 is 1.97 bits per heavy atom. The predicted molar refractivity (Wildman–Crippen MR) is 113 cm³/mol. The fourth-order valence-electron chi connectivity index (χ4n) is 3.17. The van der Waals surface area contributed by atoms with Gasteiger partial charge in [0.05, 0.1) is 23.0 Å². The summed E-state index contributed by atoms with van der Waals surface area (Å²) in [5.41, 5.74) is 2.54. The average molecular weight is 404 g/mol. The molecule has 0 spiro atoms. The number of nitrogens with one attached hydrogen (secondary N) is 1. The zero-order valence-corrected chi connectivity index (χ0v) is 16.4. The van der Waals surface area contributed by atoms with E-state index < -0.39 is 0 Å². The van der Waals surface area contributed by atoms with Gasteiger partial charge in [0.1, 0.15) is 12.0 Å². The quantitative estimate of drug-likeness (QED) is 0.466. The van der Waals surface area contributed by atoms with E-state index in [1.165, 1.54) is 6.26 Å². The van der Waals surface area contributed by atoms with Gasteiger partial charge in [-0.3, -0.25) is 4.79 Å². The van der Waals surface area contributed by atoms with Crippen molar-refractivity contribution in [3.05, 3.63) is 95.2 Å². The van der Waals surface area contributed by atoms with Crippen molar-refractivity contribution in [2.24, 2.45) is 0 Å². The first-order chi connectivity index (χ1) is 14.2. The second kappa shape index (κ2) is 8.75. The smallest absolute Gasteiger partial charge is 0.236 e. The SMILES string of the molecule is O=C(Cc1coc(-c2cccs2)n1)N[C@H](Cc1cccc(O)c1)c1ccccc1. The summed E-state index contributed by atoms with van der Waals surface area (Å²) in [6.45, 7) is 0. The molecule has 0 aliphatic heterocycles. The number of nitrogens with zero attached hydrogens (tertiary/aromatic N) is 1. The molecule has 2 heterocycles. The van der Waals surface area contributed by atoms with Crippen LogP contribution in [0.4, 0.5) is 0 Å². The number of phenolic OH excluding ortho intramolecular Hbond substituents is 1. The van der Waals surface area contributed by atoms with Gasteiger partial charge in [-0.05, 0) is 41.1 Å². The fourth-order valence-corrected chi connectivity index (χ4v) is 3.82. The third kappa shape index (κ3) is 4.92. The van der Waals surface area contributed by atoms with Crippen LogP contribution in [0.1, 0.15) is 22.9 Å². The molecule has 0 bridgehead atoms. The summed E-state index contributed by atoms with van der Waals surface area (Å²) in [5.74, 6) is 0.608. The number of thiophene rings is 1. The molecule has 0 aliphatic rings. The van der Waals surface area contributed by atoms with Crippen LogP contribution in [-0.4, -0.2) is 16.0 Å². The minimum absolute atomic E-state index is 0.134. The number of carbonyl (C=O) groups excluding carboxylic acids is 1. The molecule has 0 aliphatic carbocycles. The van der Waals surface area contributed by atoms with Crippen LogP contribution < -0.4 is 5.32 Å². The molecule has 5 nitrogen and oxygen atoms in total. The third-order valence-electron chi connectivity index (χ3n) is 4.51. The van der Waals surface area contributed by atoms with Crippen LogP contribution in [0, 0.1) is 0 Å². The number of hydrogen-bond acceptors (Lipinski definition) is 5. The van der Waals surface area contributed by atoms with Crippen LogP contribution >= 0.6 is 11.3 Å². The predicted octanol–water partition coefficient (Wildman–Crippen LogP) is 4.75. The Hall–Kier alpha value is -3.38. The van der Waals surface area contributed by atoms with Crippen molar-refractivity contribution in [1.29, 1.82) is 0 Å². The van der Waals surface area contributed by atoms with E-state index in [1.54, 1.807) is 29.5 Å². The molecular formula is C23H20N2O3S. The van der Waals surface area contributed by atoms with Crippen LogP contribution in [0.3, 0.4) is 0 Å². The second-order valence-electron chi connectivity index (χ2n) is 6.70. The molecule has 0 radical (unpaired) electrons. The van der Waals surface area contributed by atoms with Gasteiger partial charge in [0.25, 0.3) is 0 Å². The average Bonchev–Trinajstić information content (AvgIpc) is 3.40. The lowest BCUT2D eigenvalue weighted by Gasteiger charge is -2.19. The maximum atomic E-state index is 12.7. The van der Waals surface area contributed by atoms with Crippen molar-refractivity contribution in [2.45, 2.75) is 18.9 Å². The van der Waals surface area contributed by atoms with Crippen LogP contribution in [-0.2, 0) is 17.6 Å². The van der Waals surface area contributed by atoms with E-state index in [4.69, 9.17) is 4.42 Å². The van der Waals surface area contributed by atoms with Crippen LogP contribution in [0.2, 0.25) is 0 Å². The van der Waals surface area contributed by atoms with Crippen molar-refractivity contribution in [3.8, 4) is 16.5 Å². The molecular weight excluding hydrogens is 384 g/mol. The lowest BCUT2D eigenvalue weighted by molar-refractivity contribution is -0.121. The lowest BCUT2D eigenvalue weighted by Crippen LogP contribution is -2.31. The first-order valence-electron chi connectivity index (χ1n) is 9.28. The van der Waals surface area contributed by atoms with Gasteiger partial charge in [-0.2, -0.15) is 0 Å². The highest BCUT2D eigenvalue weighted by Crippen LogP contribution is 2.24. The summed E-state index contributed by atoms with van der Waals surface area (Å²) in [6, 6.07) is 20.5. The normalized spacial score (nSPS) is 11.9. The van der Waals surface area contributed by atoms with Gasteiger partial charge in [-0.15, -0.1) is 11.3 Å². The molecule has 0 saturated heterocycles. The van der Waals surface area contributed by atoms with Gasteiger partial charge < -0.3 is 14.8 Å². The number of phenols is 1. The number of aromatic hydroxyl groups is 1. The molecule has 0 unspecified atom stereocenters. The molecule has 4 rings (SSSR count). The van der Waals surface area contributed by atoms with E-state index in [-0.39, 0.29) is 24.1 Å². The van der Waals surface area contributed by atoms with Crippen molar-refractivity contribution in [3.63, 3.8) is 0 Å². The molecule has 2 aromatic carbocycles. The highest BCUT2D eigenvalue weighted by atomic mass is 32.1. The Morgan fingerprint density at radius 3 is 2.72 bits per heavy atom. The zero-order chi connectivity index (χ0) is 20.1. The second-order valence-corrected chi connectivity index (χ2v) is 7.65. The Labute approximate surface area is 172 Å². The Balaban J connectivity index is 1.47. The fraction of sp³-hybridized carbons (Fsp3) is 0.130. The molecule has 0 fully saturated rings. The highest BCUT2D eigenvalue weighted by molar-refractivity contribution is 7.13. The maximum absolute atomic E-state index is 12.7. The van der Waals surface area contributed by atoms with Gasteiger partial charge in [-0.25, -0.2) is 4.98 Å². The Kier molecular flexibility index (Phi) is 5.72. The minimum atomic E-state index is -0.214. The molecule has 29 heavy (non-hydrogen) atoms. The summed E-state index contributed by atoms with van der Waals surface area (Å²) in [5, 5.41) is 14.8.